The summed E-state index contributed by atoms with van der Waals surface area (Å²) in [4.78, 5) is 12.6. The molecule has 0 unspecified atom stereocenters. The van der Waals surface area contributed by atoms with Crippen LogP contribution < -0.4 is 0 Å². The predicted molar refractivity (Wildman–Crippen MR) is 96.3 cm³/mol. The lowest BCUT2D eigenvalue weighted by molar-refractivity contribution is -0.140. The molecule has 3 aromatic rings. The summed E-state index contributed by atoms with van der Waals surface area (Å²) in [6.07, 6.45) is -0.458. The molecule has 0 N–H and O–H groups in total. The molecule has 0 amide bonds. The van der Waals surface area contributed by atoms with Crippen LogP contribution in [-0.4, -0.2) is 5.97 Å². The molecule has 0 aliphatic carbocycles. The lowest BCUT2D eigenvalue weighted by Crippen LogP contribution is -2.13. The molecule has 3 rings (SSSR count). The van der Waals surface area contributed by atoms with E-state index in [1.165, 1.54) is 0 Å². The highest BCUT2D eigenvalue weighted by molar-refractivity contribution is 6.15. The maximum absolute atomic E-state index is 12.6. The number of rotatable bonds is 5. The van der Waals surface area contributed by atoms with Crippen LogP contribution in [0.25, 0.3) is 5.57 Å². The zero-order valence-corrected chi connectivity index (χ0v) is 13.3. The van der Waals surface area contributed by atoms with E-state index in [9.17, 15) is 4.79 Å². The first kappa shape index (κ1) is 15.8. The van der Waals surface area contributed by atoms with Crippen molar-refractivity contribution in [1.29, 1.82) is 0 Å². The number of carbonyl (C=O) groups is 1. The van der Waals surface area contributed by atoms with Gasteiger partial charge in [0, 0.05) is 0 Å². The van der Waals surface area contributed by atoms with E-state index in [1.54, 1.807) is 0 Å². The first-order valence-electron chi connectivity index (χ1n) is 7.81. The number of esters is 1. The van der Waals surface area contributed by atoms with Crippen LogP contribution in [-0.2, 0) is 9.53 Å². The van der Waals surface area contributed by atoms with E-state index in [2.05, 4.69) is 6.58 Å². The molecule has 2 nitrogen and oxygen atoms in total. The summed E-state index contributed by atoms with van der Waals surface area (Å²) in [5.74, 6) is -0.418. The Hall–Kier alpha value is -3.13. The SMILES string of the molecule is C=C(C(=O)OC(c1ccccc1)c1ccccc1)c1ccccc1. The van der Waals surface area contributed by atoms with Gasteiger partial charge in [-0.05, 0) is 16.7 Å². The van der Waals surface area contributed by atoms with Crippen molar-refractivity contribution in [1.82, 2.24) is 0 Å². The van der Waals surface area contributed by atoms with Crippen LogP contribution in [0.2, 0.25) is 0 Å². The Balaban J connectivity index is 1.87. The molecule has 0 saturated carbocycles. The standard InChI is InChI=1S/C22H18O2/c1-17(18-11-5-2-6-12-18)22(23)24-21(19-13-7-3-8-14-19)20-15-9-4-10-16-20/h2-16,21H,1H2. The van der Waals surface area contributed by atoms with Gasteiger partial charge in [0.15, 0.2) is 6.10 Å². The summed E-state index contributed by atoms with van der Waals surface area (Å²) >= 11 is 0. The first-order valence-corrected chi connectivity index (χ1v) is 7.81. The molecular formula is C22H18O2. The van der Waals surface area contributed by atoms with E-state index >= 15 is 0 Å². The van der Waals surface area contributed by atoms with Gasteiger partial charge in [-0.25, -0.2) is 4.79 Å². The van der Waals surface area contributed by atoms with E-state index in [-0.39, 0.29) is 0 Å². The second-order valence-electron chi connectivity index (χ2n) is 5.45. The van der Waals surface area contributed by atoms with Crippen molar-refractivity contribution in [2.45, 2.75) is 6.10 Å². The van der Waals surface area contributed by atoms with Gasteiger partial charge in [-0.2, -0.15) is 0 Å². The molecule has 0 spiro atoms. The zero-order valence-electron chi connectivity index (χ0n) is 13.3. The van der Waals surface area contributed by atoms with E-state index in [0.29, 0.717) is 5.57 Å². The topological polar surface area (TPSA) is 26.3 Å². The van der Waals surface area contributed by atoms with Crippen molar-refractivity contribution >= 4 is 11.5 Å². The Morgan fingerprint density at radius 2 is 1.12 bits per heavy atom. The first-order chi connectivity index (χ1) is 11.8. The summed E-state index contributed by atoms with van der Waals surface area (Å²) < 4.78 is 5.80. The van der Waals surface area contributed by atoms with E-state index in [0.717, 1.165) is 16.7 Å². The monoisotopic (exact) mass is 314 g/mol. The Bertz CT molecular complexity index is 769. The van der Waals surface area contributed by atoms with E-state index < -0.39 is 12.1 Å². The lowest BCUT2D eigenvalue weighted by atomic mass is 10.0. The fourth-order valence-corrected chi connectivity index (χ4v) is 2.52. The summed E-state index contributed by atoms with van der Waals surface area (Å²) in [5, 5.41) is 0. The van der Waals surface area contributed by atoms with Crippen molar-refractivity contribution in [2.24, 2.45) is 0 Å². The predicted octanol–water partition coefficient (Wildman–Crippen LogP) is 5.03. The molecule has 24 heavy (non-hydrogen) atoms. The minimum absolute atomic E-state index is 0.354. The van der Waals surface area contributed by atoms with E-state index in [4.69, 9.17) is 4.74 Å². The molecular weight excluding hydrogens is 296 g/mol. The van der Waals surface area contributed by atoms with Crippen molar-refractivity contribution in [3.05, 3.63) is 114 Å². The highest BCUT2D eigenvalue weighted by Crippen LogP contribution is 2.28. The normalized spacial score (nSPS) is 10.4. The zero-order chi connectivity index (χ0) is 16.8. The summed E-state index contributed by atoms with van der Waals surface area (Å²) in [6, 6.07) is 28.8. The van der Waals surface area contributed by atoms with Gasteiger partial charge < -0.3 is 4.74 Å². The molecule has 0 aliphatic heterocycles. The maximum Gasteiger partial charge on any atom is 0.339 e. The molecule has 3 aromatic carbocycles. The molecule has 0 radical (unpaired) electrons. The molecule has 0 heterocycles. The smallest absolute Gasteiger partial charge is 0.339 e. The maximum atomic E-state index is 12.6. The van der Waals surface area contributed by atoms with Crippen LogP contribution in [0.5, 0.6) is 0 Å². The largest absolute Gasteiger partial charge is 0.449 e. The summed E-state index contributed by atoms with van der Waals surface area (Å²) in [6.45, 7) is 3.89. The van der Waals surface area contributed by atoms with Crippen molar-refractivity contribution in [2.75, 3.05) is 0 Å². The summed E-state index contributed by atoms with van der Waals surface area (Å²) in [7, 11) is 0. The second kappa shape index (κ2) is 7.42. The molecule has 0 saturated heterocycles. The fraction of sp³-hybridized carbons (Fsp3) is 0.0455. The van der Waals surface area contributed by atoms with Gasteiger partial charge in [-0.3, -0.25) is 0 Å². The second-order valence-corrected chi connectivity index (χ2v) is 5.45. The van der Waals surface area contributed by atoms with Crippen LogP contribution in [0.15, 0.2) is 97.6 Å². The van der Waals surface area contributed by atoms with Gasteiger partial charge in [0.05, 0.1) is 5.57 Å². The van der Waals surface area contributed by atoms with Crippen LogP contribution in [0.3, 0.4) is 0 Å². The van der Waals surface area contributed by atoms with E-state index in [1.807, 2.05) is 91.0 Å². The Morgan fingerprint density at radius 3 is 1.58 bits per heavy atom. The van der Waals surface area contributed by atoms with Gasteiger partial charge in [0.2, 0.25) is 0 Å². The van der Waals surface area contributed by atoms with Crippen LogP contribution in [0, 0.1) is 0 Å². The molecule has 0 fully saturated rings. The third-order valence-corrected chi connectivity index (χ3v) is 3.80. The van der Waals surface area contributed by atoms with Gasteiger partial charge in [-0.15, -0.1) is 0 Å². The van der Waals surface area contributed by atoms with Crippen LogP contribution in [0.4, 0.5) is 0 Å². The molecule has 0 aromatic heterocycles. The number of carbonyl (C=O) groups excluding carboxylic acids is 1. The van der Waals surface area contributed by atoms with Gasteiger partial charge >= 0.3 is 5.97 Å². The Kier molecular flexibility index (Phi) is 4.87. The minimum Gasteiger partial charge on any atom is -0.449 e. The van der Waals surface area contributed by atoms with Crippen molar-refractivity contribution in [3.63, 3.8) is 0 Å². The molecule has 2 heteroatoms. The number of benzene rings is 3. The number of ether oxygens (including phenoxy) is 1. The average Bonchev–Trinajstić information content (AvgIpc) is 2.67. The number of hydrogen-bond acceptors (Lipinski definition) is 2. The summed E-state index contributed by atoms with van der Waals surface area (Å²) in [5.41, 5.74) is 2.98. The number of hydrogen-bond donors (Lipinski definition) is 0. The molecule has 0 aliphatic rings. The quantitative estimate of drug-likeness (QED) is 0.487. The average molecular weight is 314 g/mol. The fourth-order valence-electron chi connectivity index (χ4n) is 2.52. The Morgan fingerprint density at radius 1 is 0.708 bits per heavy atom. The third-order valence-electron chi connectivity index (χ3n) is 3.80. The van der Waals surface area contributed by atoms with Crippen molar-refractivity contribution < 1.29 is 9.53 Å². The third kappa shape index (κ3) is 3.61. The highest BCUT2D eigenvalue weighted by Gasteiger charge is 2.21. The van der Waals surface area contributed by atoms with Crippen molar-refractivity contribution in [3.8, 4) is 0 Å². The van der Waals surface area contributed by atoms with Gasteiger partial charge in [0.1, 0.15) is 0 Å². The Labute approximate surface area is 142 Å². The van der Waals surface area contributed by atoms with Crippen LogP contribution in [0.1, 0.15) is 22.8 Å². The molecule has 0 bridgehead atoms. The minimum atomic E-state index is -0.458. The van der Waals surface area contributed by atoms with Gasteiger partial charge in [-0.1, -0.05) is 97.6 Å². The molecule has 118 valence electrons. The van der Waals surface area contributed by atoms with Gasteiger partial charge in [0.25, 0.3) is 0 Å². The molecule has 0 atom stereocenters. The highest BCUT2D eigenvalue weighted by atomic mass is 16.5. The lowest BCUT2D eigenvalue weighted by Gasteiger charge is -2.19. The van der Waals surface area contributed by atoms with Crippen LogP contribution >= 0.6 is 0 Å².